The van der Waals surface area contributed by atoms with Gasteiger partial charge in [0.1, 0.15) is 0 Å². The highest BCUT2D eigenvalue weighted by molar-refractivity contribution is 4.94. The summed E-state index contributed by atoms with van der Waals surface area (Å²) in [7, 11) is 0. The molecule has 0 saturated heterocycles. The van der Waals surface area contributed by atoms with E-state index in [0.717, 1.165) is 65.1 Å². The third kappa shape index (κ3) is 21.7. The lowest BCUT2D eigenvalue weighted by Crippen LogP contribution is -2.44. The summed E-state index contributed by atoms with van der Waals surface area (Å²) >= 11 is 0. The SMILES string of the molecule is C.C.C.C.C.CC.CC.CC.CC.CC.C[C@@H]1C[C@H](C)C2CC[C@H](C)[C@H](C)C2[C@@H]1C.C[C@@H]1C[C@H](C)[C@H](C)C[C@@H]1C. The molecule has 258 valence electrons. The van der Waals surface area contributed by atoms with E-state index in [-0.39, 0.29) is 37.1 Å². The van der Waals surface area contributed by atoms with Crippen LogP contribution in [0.25, 0.3) is 0 Å². The van der Waals surface area contributed by atoms with Crippen LogP contribution in [-0.2, 0) is 0 Å². The first-order valence-corrected chi connectivity index (χ1v) is 16.6. The van der Waals surface area contributed by atoms with Crippen LogP contribution in [0.15, 0.2) is 0 Å². The molecule has 0 heterocycles. The van der Waals surface area contributed by atoms with Crippen molar-refractivity contribution in [2.24, 2.45) is 65.1 Å². The lowest BCUT2D eigenvalue weighted by atomic mass is 9.54. The van der Waals surface area contributed by atoms with Gasteiger partial charge in [0.2, 0.25) is 0 Å². The first-order chi connectivity index (χ1) is 16.6. The number of hydrogen-bond acceptors (Lipinski definition) is 0. The Bertz CT molecular complexity index is 369. The Morgan fingerprint density at radius 2 is 0.550 bits per heavy atom. The predicted octanol–water partition coefficient (Wildman–Crippen LogP) is 16.2. The molecule has 0 nitrogen and oxygen atoms in total. The van der Waals surface area contributed by atoms with Crippen molar-refractivity contribution in [3.05, 3.63) is 0 Å². The van der Waals surface area contributed by atoms with Crippen LogP contribution in [0, 0.1) is 65.1 Å². The van der Waals surface area contributed by atoms with Crippen LogP contribution in [0.1, 0.15) is 201 Å². The Labute approximate surface area is 265 Å². The van der Waals surface area contributed by atoms with Crippen molar-refractivity contribution in [2.75, 3.05) is 0 Å². The standard InChI is InChI=1S/C15H28.C10H20.5C2H6.5CH4/c1-9-6-7-14-11(3)8-10(2)13(5)15(14)12(9)4;1-7-5-9(3)10(4)6-8(7)2;5*1-2;;;;;/h9-15H,6-8H2,1-5H3;7-10H,5-6H2,1-4H3;5*1-2H3;5*1H4/t9-,10+,11-,12-,13+,14?,15?;7-,8+,9+,10-;;;;;;;;;;/m0.........../s1. The monoisotopic (exact) mass is 579 g/mol. The van der Waals surface area contributed by atoms with Crippen molar-refractivity contribution in [3.63, 3.8) is 0 Å². The van der Waals surface area contributed by atoms with Crippen molar-refractivity contribution in [3.8, 4) is 0 Å². The van der Waals surface area contributed by atoms with E-state index in [4.69, 9.17) is 0 Å². The van der Waals surface area contributed by atoms with E-state index in [2.05, 4.69) is 62.3 Å². The van der Waals surface area contributed by atoms with Gasteiger partial charge in [-0.3, -0.25) is 0 Å². The second kappa shape index (κ2) is 39.0. The predicted molar refractivity (Wildman–Crippen MR) is 203 cm³/mol. The van der Waals surface area contributed by atoms with Crippen LogP contribution in [-0.4, -0.2) is 0 Å². The lowest BCUT2D eigenvalue weighted by Gasteiger charge is -2.52. The van der Waals surface area contributed by atoms with Gasteiger partial charge in [0.25, 0.3) is 0 Å². The summed E-state index contributed by atoms with van der Waals surface area (Å²) in [5, 5.41) is 0. The summed E-state index contributed by atoms with van der Waals surface area (Å²) in [6.45, 7) is 42.1. The first-order valence-electron chi connectivity index (χ1n) is 16.6. The summed E-state index contributed by atoms with van der Waals surface area (Å²) in [4.78, 5) is 0. The van der Waals surface area contributed by atoms with Crippen LogP contribution < -0.4 is 0 Å². The Balaban J connectivity index is -0.0000000489. The summed E-state index contributed by atoms with van der Waals surface area (Å²) in [5.74, 6) is 10.7. The third-order valence-electron chi connectivity index (χ3n) is 9.36. The Morgan fingerprint density at radius 3 is 0.850 bits per heavy atom. The maximum absolute atomic E-state index is 2.52. The molecular weight excluding hydrogens is 480 g/mol. The molecule has 0 aromatic carbocycles. The van der Waals surface area contributed by atoms with Crippen LogP contribution in [0.3, 0.4) is 0 Å². The van der Waals surface area contributed by atoms with E-state index in [1.807, 2.05) is 69.2 Å². The normalized spacial score (nSPS) is 34.1. The zero-order valence-electron chi connectivity index (χ0n) is 28.9. The van der Waals surface area contributed by atoms with E-state index in [1.54, 1.807) is 0 Å². The topological polar surface area (TPSA) is 0 Å². The molecule has 11 atom stereocenters. The molecule has 3 rings (SSSR count). The van der Waals surface area contributed by atoms with Crippen molar-refractivity contribution in [1.29, 1.82) is 0 Å². The van der Waals surface area contributed by atoms with Gasteiger partial charge >= 0.3 is 0 Å². The van der Waals surface area contributed by atoms with Crippen LogP contribution in [0.4, 0.5) is 0 Å². The summed E-state index contributed by atoms with van der Waals surface area (Å²) in [6, 6.07) is 0. The van der Waals surface area contributed by atoms with Gasteiger partial charge in [-0.05, 0) is 90.8 Å². The zero-order valence-corrected chi connectivity index (χ0v) is 28.9. The fourth-order valence-corrected chi connectivity index (χ4v) is 6.67. The van der Waals surface area contributed by atoms with Gasteiger partial charge in [0.15, 0.2) is 0 Å². The molecule has 3 aliphatic carbocycles. The smallest absolute Gasteiger partial charge is 0.0327 e. The minimum absolute atomic E-state index is 0. The number of hydrogen-bond donors (Lipinski definition) is 0. The van der Waals surface area contributed by atoms with Crippen LogP contribution in [0.2, 0.25) is 0 Å². The van der Waals surface area contributed by atoms with Crippen LogP contribution in [0.5, 0.6) is 0 Å². The van der Waals surface area contributed by atoms with E-state index in [1.165, 1.54) is 32.1 Å². The minimum Gasteiger partial charge on any atom is -0.0776 e. The molecule has 0 spiro atoms. The van der Waals surface area contributed by atoms with Gasteiger partial charge in [-0.25, -0.2) is 0 Å². The molecule has 2 unspecified atom stereocenters. The van der Waals surface area contributed by atoms with Gasteiger partial charge in [-0.2, -0.15) is 0 Å². The molecule has 0 aromatic heterocycles. The second-order valence-electron chi connectivity index (χ2n) is 11.1. The van der Waals surface area contributed by atoms with Crippen molar-refractivity contribution >= 4 is 0 Å². The lowest BCUT2D eigenvalue weighted by molar-refractivity contribution is -0.0269. The molecule has 0 aliphatic heterocycles. The highest BCUT2D eigenvalue weighted by atomic mass is 14.5. The molecule has 0 amide bonds. The molecule has 0 heteroatoms. The van der Waals surface area contributed by atoms with Crippen molar-refractivity contribution < 1.29 is 0 Å². The van der Waals surface area contributed by atoms with E-state index >= 15 is 0 Å². The Morgan fingerprint density at radius 1 is 0.300 bits per heavy atom. The van der Waals surface area contributed by atoms with Crippen molar-refractivity contribution in [2.45, 2.75) is 201 Å². The Hall–Kier alpha value is 0. The number of fused-ring (bicyclic) bond motifs is 1. The summed E-state index contributed by atoms with van der Waals surface area (Å²) < 4.78 is 0. The molecule has 40 heavy (non-hydrogen) atoms. The second-order valence-corrected chi connectivity index (χ2v) is 11.1. The first kappa shape index (κ1) is 63.3. The molecule has 0 N–H and O–H groups in total. The van der Waals surface area contributed by atoms with Gasteiger partial charge in [0, 0.05) is 0 Å². The zero-order chi connectivity index (χ0) is 28.9. The van der Waals surface area contributed by atoms with Gasteiger partial charge < -0.3 is 0 Å². The van der Waals surface area contributed by atoms with Crippen molar-refractivity contribution in [1.82, 2.24) is 0 Å². The average molecular weight is 579 g/mol. The maximum atomic E-state index is 2.52. The maximum Gasteiger partial charge on any atom is -0.0327 e. The van der Waals surface area contributed by atoms with E-state index < -0.39 is 0 Å². The average Bonchev–Trinajstić information content (AvgIpc) is 2.89. The van der Waals surface area contributed by atoms with Gasteiger partial charge in [0.05, 0.1) is 0 Å². The largest absolute Gasteiger partial charge is 0.0776 e. The van der Waals surface area contributed by atoms with E-state index in [0.29, 0.717) is 0 Å². The fraction of sp³-hybridized carbons (Fsp3) is 1.00. The molecule has 0 aromatic rings. The number of rotatable bonds is 0. The van der Waals surface area contributed by atoms with E-state index in [9.17, 15) is 0 Å². The summed E-state index contributed by atoms with van der Waals surface area (Å²) in [5.41, 5.74) is 0. The highest BCUT2D eigenvalue weighted by Crippen LogP contribution is 2.52. The molecule has 3 aliphatic rings. The van der Waals surface area contributed by atoms with Crippen LogP contribution >= 0.6 is 0 Å². The summed E-state index contributed by atoms with van der Waals surface area (Å²) in [6.07, 6.45) is 7.36. The fourth-order valence-electron chi connectivity index (χ4n) is 6.67. The third-order valence-corrected chi connectivity index (χ3v) is 9.36. The highest BCUT2D eigenvalue weighted by Gasteiger charge is 2.45. The Kier molecular flexibility index (Phi) is 61.7. The molecule has 3 fully saturated rings. The molecular formula is C40H98. The minimum atomic E-state index is 0. The molecule has 0 radical (unpaired) electrons. The van der Waals surface area contributed by atoms with Gasteiger partial charge in [-0.1, -0.05) is 175 Å². The molecule has 3 saturated carbocycles. The van der Waals surface area contributed by atoms with Gasteiger partial charge in [-0.15, -0.1) is 0 Å². The molecule has 0 bridgehead atoms. The quantitative estimate of drug-likeness (QED) is 0.268.